The van der Waals surface area contributed by atoms with Gasteiger partial charge in [0.2, 0.25) is 0 Å². The number of hydrogen-bond acceptors (Lipinski definition) is 7. The van der Waals surface area contributed by atoms with Crippen LogP contribution in [0.1, 0.15) is 39.4 Å². The zero-order valence-corrected chi connectivity index (χ0v) is 16.4. The van der Waals surface area contributed by atoms with Crippen molar-refractivity contribution in [3.63, 3.8) is 0 Å². The van der Waals surface area contributed by atoms with Crippen molar-refractivity contribution in [2.24, 2.45) is 0 Å². The number of carbonyl (C=O) groups is 1. The summed E-state index contributed by atoms with van der Waals surface area (Å²) in [7, 11) is 0. The molecule has 29 heavy (non-hydrogen) atoms. The van der Waals surface area contributed by atoms with Crippen LogP contribution in [0.3, 0.4) is 0 Å². The normalized spacial score (nSPS) is 15.8. The monoisotopic (exact) mass is 404 g/mol. The molecule has 1 aliphatic rings. The number of nitrogens with one attached hydrogen (secondary N) is 1. The zero-order chi connectivity index (χ0) is 20.2. The van der Waals surface area contributed by atoms with Gasteiger partial charge in [-0.2, -0.15) is 5.26 Å². The van der Waals surface area contributed by atoms with Gasteiger partial charge < -0.3 is 20.0 Å². The summed E-state index contributed by atoms with van der Waals surface area (Å²) in [6, 6.07) is 14.8. The highest BCUT2D eigenvalue weighted by Gasteiger charge is 2.24. The highest BCUT2D eigenvalue weighted by Crippen LogP contribution is 2.35. The Labute approximate surface area is 172 Å². The molecule has 0 radical (unpaired) electrons. The predicted molar refractivity (Wildman–Crippen MR) is 109 cm³/mol. The molecule has 0 amide bonds. The summed E-state index contributed by atoms with van der Waals surface area (Å²) in [4.78, 5) is 16.7. The second-order valence-corrected chi connectivity index (χ2v) is 7.76. The van der Waals surface area contributed by atoms with Gasteiger partial charge in [0.05, 0.1) is 28.7 Å². The van der Waals surface area contributed by atoms with Gasteiger partial charge in [-0.25, -0.2) is 4.98 Å². The molecule has 0 aliphatic carbocycles. The van der Waals surface area contributed by atoms with Gasteiger partial charge in [0.25, 0.3) is 0 Å². The van der Waals surface area contributed by atoms with Crippen LogP contribution in [0.25, 0.3) is 10.6 Å². The number of carboxylic acid groups (broad SMARTS) is 1. The molecule has 6 nitrogen and oxygen atoms in total. The molecule has 0 spiro atoms. The highest BCUT2D eigenvalue weighted by atomic mass is 32.1. The number of benzene rings is 1. The molecule has 0 saturated carbocycles. The molecule has 1 atom stereocenters. The predicted octanol–water partition coefficient (Wildman–Crippen LogP) is 3.16. The number of ether oxygens (including phenoxy) is 1. The van der Waals surface area contributed by atoms with Crippen LogP contribution in [0.4, 0.5) is 5.82 Å². The van der Waals surface area contributed by atoms with E-state index in [9.17, 15) is 15.2 Å². The van der Waals surface area contributed by atoms with Crippen molar-refractivity contribution in [1.29, 1.82) is 5.26 Å². The Morgan fingerprint density at radius 3 is 2.79 bits per heavy atom. The minimum absolute atomic E-state index is 0.132. The first-order chi connectivity index (χ1) is 14.2. The lowest BCUT2D eigenvalue weighted by molar-refractivity contribution is -0.255. The van der Waals surface area contributed by atoms with E-state index in [1.54, 1.807) is 23.5 Å². The van der Waals surface area contributed by atoms with Crippen molar-refractivity contribution < 1.29 is 14.6 Å². The van der Waals surface area contributed by atoms with E-state index < -0.39 is 5.97 Å². The van der Waals surface area contributed by atoms with Crippen LogP contribution in [0.15, 0.2) is 47.8 Å². The number of nitrogens with zero attached hydrogens (tertiary/aromatic N) is 2. The largest absolute Gasteiger partial charge is 0.545 e. The van der Waals surface area contributed by atoms with Crippen LogP contribution >= 0.6 is 11.3 Å². The summed E-state index contributed by atoms with van der Waals surface area (Å²) in [6.45, 7) is 1.72. The fourth-order valence-electron chi connectivity index (χ4n) is 3.41. The Morgan fingerprint density at radius 1 is 1.34 bits per heavy atom. The Balaban J connectivity index is 1.67. The van der Waals surface area contributed by atoms with Crippen molar-refractivity contribution >= 4 is 23.1 Å². The molecule has 0 bridgehead atoms. The highest BCUT2D eigenvalue weighted by molar-refractivity contribution is 7.13. The van der Waals surface area contributed by atoms with Gasteiger partial charge in [-0.3, -0.25) is 0 Å². The molecule has 146 valence electrons. The number of pyridine rings is 1. The number of thiophene rings is 1. The first-order valence-corrected chi connectivity index (χ1v) is 10.1. The lowest BCUT2D eigenvalue weighted by Gasteiger charge is -2.16. The number of rotatable bonds is 6. The SMILES string of the molecule is N#Cc1c(C2CCOC2)cc(-c2cccs2)nc1NCc1ccc(C(=O)[O-])cc1. The number of anilines is 1. The number of nitriles is 1. The van der Waals surface area contributed by atoms with E-state index in [4.69, 9.17) is 9.72 Å². The van der Waals surface area contributed by atoms with Crippen LogP contribution in [0.2, 0.25) is 0 Å². The van der Waals surface area contributed by atoms with Gasteiger partial charge in [0.1, 0.15) is 11.9 Å². The van der Waals surface area contributed by atoms with Crippen LogP contribution in [-0.2, 0) is 11.3 Å². The third kappa shape index (κ3) is 4.14. The number of carboxylic acids is 1. The maximum absolute atomic E-state index is 10.9. The van der Waals surface area contributed by atoms with Crippen LogP contribution in [0, 0.1) is 11.3 Å². The Bertz CT molecular complexity index is 1050. The van der Waals surface area contributed by atoms with Gasteiger partial charge >= 0.3 is 0 Å². The smallest absolute Gasteiger partial charge is 0.145 e. The van der Waals surface area contributed by atoms with E-state index in [2.05, 4.69) is 11.4 Å². The fraction of sp³-hybridized carbons (Fsp3) is 0.227. The van der Waals surface area contributed by atoms with Gasteiger partial charge in [-0.1, -0.05) is 30.3 Å². The van der Waals surface area contributed by atoms with Gasteiger partial charge in [0.15, 0.2) is 0 Å². The zero-order valence-electron chi connectivity index (χ0n) is 15.6. The molecule has 1 fully saturated rings. The minimum Gasteiger partial charge on any atom is -0.545 e. The van der Waals surface area contributed by atoms with Crippen molar-refractivity contribution in [1.82, 2.24) is 4.98 Å². The fourth-order valence-corrected chi connectivity index (χ4v) is 4.09. The molecular formula is C22H18N3O3S-. The Kier molecular flexibility index (Phi) is 5.56. The summed E-state index contributed by atoms with van der Waals surface area (Å²) < 4.78 is 5.54. The molecule has 4 rings (SSSR count). The van der Waals surface area contributed by atoms with E-state index in [1.165, 1.54) is 12.1 Å². The maximum atomic E-state index is 10.9. The summed E-state index contributed by atoms with van der Waals surface area (Å²) in [5.41, 5.74) is 3.34. The summed E-state index contributed by atoms with van der Waals surface area (Å²) in [5.74, 6) is -0.497. The molecule has 7 heteroatoms. The Morgan fingerprint density at radius 2 is 2.17 bits per heavy atom. The maximum Gasteiger partial charge on any atom is 0.145 e. The van der Waals surface area contributed by atoms with Crippen LogP contribution in [0.5, 0.6) is 0 Å². The van der Waals surface area contributed by atoms with Crippen molar-refractivity contribution in [2.45, 2.75) is 18.9 Å². The summed E-state index contributed by atoms with van der Waals surface area (Å²) >= 11 is 1.60. The lowest BCUT2D eigenvalue weighted by Crippen LogP contribution is -2.22. The van der Waals surface area contributed by atoms with E-state index in [0.717, 1.165) is 28.1 Å². The van der Waals surface area contributed by atoms with Crippen molar-refractivity contribution in [2.75, 3.05) is 18.5 Å². The molecule has 1 aromatic carbocycles. The third-order valence-corrected chi connectivity index (χ3v) is 5.85. The van der Waals surface area contributed by atoms with E-state index in [1.807, 2.05) is 23.6 Å². The van der Waals surface area contributed by atoms with Gasteiger partial charge in [-0.15, -0.1) is 11.3 Å². The van der Waals surface area contributed by atoms with Gasteiger partial charge in [-0.05, 0) is 40.6 Å². The lowest BCUT2D eigenvalue weighted by atomic mass is 9.93. The number of aromatic nitrogens is 1. The van der Waals surface area contributed by atoms with Crippen LogP contribution in [-0.4, -0.2) is 24.2 Å². The van der Waals surface area contributed by atoms with Crippen molar-refractivity contribution in [3.05, 3.63) is 70.1 Å². The average Bonchev–Trinajstić information content (AvgIpc) is 3.46. The second kappa shape index (κ2) is 8.43. The van der Waals surface area contributed by atoms with E-state index >= 15 is 0 Å². The molecule has 3 aromatic rings. The summed E-state index contributed by atoms with van der Waals surface area (Å²) in [5, 5.41) is 26.0. The molecular weight excluding hydrogens is 386 g/mol. The molecule has 1 N–H and O–H groups in total. The second-order valence-electron chi connectivity index (χ2n) is 6.81. The molecule has 1 aliphatic heterocycles. The van der Waals surface area contributed by atoms with Gasteiger partial charge in [0, 0.05) is 19.1 Å². The van der Waals surface area contributed by atoms with Crippen molar-refractivity contribution in [3.8, 4) is 16.6 Å². The minimum atomic E-state index is -1.20. The van der Waals surface area contributed by atoms with Crippen LogP contribution < -0.4 is 10.4 Å². The number of aromatic carboxylic acids is 1. The molecule has 1 unspecified atom stereocenters. The third-order valence-electron chi connectivity index (χ3n) is 4.95. The topological polar surface area (TPSA) is 98.1 Å². The first-order valence-electron chi connectivity index (χ1n) is 9.26. The van der Waals surface area contributed by atoms with E-state index in [-0.39, 0.29) is 11.5 Å². The summed E-state index contributed by atoms with van der Waals surface area (Å²) in [6.07, 6.45) is 0.882. The molecule has 1 saturated heterocycles. The standard InChI is InChI=1S/C22H19N3O3S/c23-11-18-17(16-7-8-28-13-16)10-19(20-2-1-9-29-20)25-21(18)24-12-14-3-5-15(6-4-14)22(26)27/h1-6,9-10,16H,7-8,12-13H2,(H,24,25)(H,26,27)/p-1. The molecule has 3 heterocycles. The molecule has 2 aromatic heterocycles. The first kappa shape index (κ1) is 19.1. The Hall–Kier alpha value is -3.21. The average molecular weight is 404 g/mol. The number of hydrogen-bond donors (Lipinski definition) is 1. The van der Waals surface area contributed by atoms with E-state index in [0.29, 0.717) is 31.1 Å². The quantitative estimate of drug-likeness (QED) is 0.678. The number of carbonyl (C=O) groups excluding carboxylic acids is 1.